The Labute approximate surface area is 148 Å². The number of nitrogens with two attached hydrogens (primary N) is 2. The highest BCUT2D eigenvalue weighted by molar-refractivity contribution is 5.82. The third-order valence-electron chi connectivity index (χ3n) is 4.29. The van der Waals surface area contributed by atoms with Crippen LogP contribution in [0.3, 0.4) is 0 Å². The lowest BCUT2D eigenvalue weighted by atomic mass is 10.00. The number of nitrogen functional groups attached to an aromatic ring is 2. The van der Waals surface area contributed by atoms with E-state index in [9.17, 15) is 4.79 Å². The molecule has 0 aliphatic heterocycles. The van der Waals surface area contributed by atoms with E-state index >= 15 is 0 Å². The van der Waals surface area contributed by atoms with Crippen LogP contribution < -0.4 is 11.5 Å². The third-order valence-corrected chi connectivity index (χ3v) is 4.29. The van der Waals surface area contributed by atoms with Gasteiger partial charge in [-0.15, -0.1) is 0 Å². The molecule has 0 fully saturated rings. The van der Waals surface area contributed by atoms with E-state index in [2.05, 4.69) is 15.3 Å². The molecule has 0 saturated heterocycles. The van der Waals surface area contributed by atoms with Gasteiger partial charge in [-0.3, -0.25) is 0 Å². The Bertz CT molecular complexity index is 1070. The van der Waals surface area contributed by atoms with Crippen LogP contribution in [0, 0.1) is 0 Å². The second-order valence-corrected chi connectivity index (χ2v) is 5.94. The summed E-state index contributed by atoms with van der Waals surface area (Å²) in [6, 6.07) is 14.9. The molecule has 2 heterocycles. The van der Waals surface area contributed by atoms with Crippen LogP contribution in [0.1, 0.15) is 11.5 Å². The first-order valence-electron chi connectivity index (χ1n) is 8.02. The highest BCUT2D eigenvalue weighted by Crippen LogP contribution is 2.29. The minimum Gasteiger partial charge on any atom is -0.399 e. The van der Waals surface area contributed by atoms with Crippen LogP contribution in [0.25, 0.3) is 22.6 Å². The fourth-order valence-corrected chi connectivity index (χ4v) is 2.96. The molecule has 2 aromatic heterocycles. The molecular weight excluding hydrogens is 332 g/mol. The Morgan fingerprint density at radius 3 is 2.54 bits per heavy atom. The zero-order valence-corrected chi connectivity index (χ0v) is 13.7. The normalized spacial score (nSPS) is 12.3. The summed E-state index contributed by atoms with van der Waals surface area (Å²) in [6.45, 7) is 0.371. The van der Waals surface area contributed by atoms with E-state index < -0.39 is 0 Å². The summed E-state index contributed by atoms with van der Waals surface area (Å²) in [4.78, 5) is 16.4. The fourth-order valence-electron chi connectivity index (χ4n) is 2.96. The number of imidazole rings is 1. The molecule has 0 aliphatic rings. The van der Waals surface area contributed by atoms with Crippen LogP contribution in [-0.2, 0) is 11.3 Å². The lowest BCUT2D eigenvalue weighted by molar-refractivity contribution is -0.109. The van der Waals surface area contributed by atoms with Crippen molar-refractivity contribution < 1.29 is 9.42 Å². The number of benzene rings is 2. The number of hydrogen-bond acceptors (Lipinski definition) is 7. The molecular formula is C18H16N6O2. The van der Waals surface area contributed by atoms with Gasteiger partial charge in [0.15, 0.2) is 17.3 Å². The van der Waals surface area contributed by atoms with Gasteiger partial charge in [-0.2, -0.15) is 0 Å². The van der Waals surface area contributed by atoms with Crippen molar-refractivity contribution in [1.82, 2.24) is 19.9 Å². The molecule has 0 radical (unpaired) electrons. The van der Waals surface area contributed by atoms with Gasteiger partial charge in [-0.1, -0.05) is 24.3 Å². The molecule has 130 valence electrons. The zero-order chi connectivity index (χ0) is 18.1. The molecule has 1 unspecified atom stereocenters. The molecule has 26 heavy (non-hydrogen) atoms. The number of nitrogens with zero attached hydrogens (tertiary/aromatic N) is 4. The van der Waals surface area contributed by atoms with E-state index in [-0.39, 0.29) is 11.7 Å². The largest absolute Gasteiger partial charge is 0.399 e. The Kier molecular flexibility index (Phi) is 3.85. The highest BCUT2D eigenvalue weighted by Gasteiger charge is 2.22. The summed E-state index contributed by atoms with van der Waals surface area (Å²) in [5.74, 6) is 0.275. The van der Waals surface area contributed by atoms with Crippen LogP contribution in [0.15, 0.2) is 53.2 Å². The maximum Gasteiger partial charge on any atom is 0.199 e. The smallest absolute Gasteiger partial charge is 0.199 e. The molecule has 2 aromatic carbocycles. The van der Waals surface area contributed by atoms with Crippen LogP contribution in [-0.4, -0.2) is 26.2 Å². The van der Waals surface area contributed by atoms with Crippen molar-refractivity contribution in [2.75, 3.05) is 11.5 Å². The van der Waals surface area contributed by atoms with E-state index in [0.29, 0.717) is 23.8 Å². The minimum atomic E-state index is -0.381. The maximum absolute atomic E-state index is 11.8. The Balaban J connectivity index is 1.83. The van der Waals surface area contributed by atoms with Gasteiger partial charge in [0.05, 0.1) is 17.0 Å². The Morgan fingerprint density at radius 1 is 1.08 bits per heavy atom. The van der Waals surface area contributed by atoms with Crippen LogP contribution in [0.2, 0.25) is 0 Å². The van der Waals surface area contributed by atoms with Gasteiger partial charge in [0, 0.05) is 12.2 Å². The van der Waals surface area contributed by atoms with Crippen molar-refractivity contribution in [2.24, 2.45) is 0 Å². The Morgan fingerprint density at radius 2 is 1.85 bits per heavy atom. The van der Waals surface area contributed by atoms with Crippen LogP contribution >= 0.6 is 0 Å². The van der Waals surface area contributed by atoms with Gasteiger partial charge >= 0.3 is 0 Å². The number of anilines is 2. The lowest BCUT2D eigenvalue weighted by Crippen LogP contribution is -2.12. The Hall–Kier alpha value is -3.68. The van der Waals surface area contributed by atoms with E-state index in [1.54, 1.807) is 12.1 Å². The van der Waals surface area contributed by atoms with Gasteiger partial charge in [0.2, 0.25) is 0 Å². The topological polar surface area (TPSA) is 126 Å². The first-order valence-corrected chi connectivity index (χ1v) is 8.02. The quantitative estimate of drug-likeness (QED) is 0.418. The minimum absolute atomic E-state index is 0.150. The van der Waals surface area contributed by atoms with Gasteiger partial charge in [0.25, 0.3) is 0 Å². The summed E-state index contributed by atoms with van der Waals surface area (Å²) >= 11 is 0. The third kappa shape index (κ3) is 2.67. The van der Waals surface area contributed by atoms with Crippen LogP contribution in [0.5, 0.6) is 0 Å². The van der Waals surface area contributed by atoms with Crippen molar-refractivity contribution in [3.05, 3.63) is 54.1 Å². The number of para-hydroxylation sites is 2. The molecule has 1 atom stereocenters. The molecule has 0 amide bonds. The number of rotatable bonds is 5. The van der Waals surface area contributed by atoms with Crippen molar-refractivity contribution in [3.63, 3.8) is 0 Å². The molecule has 4 aromatic rings. The first-order chi connectivity index (χ1) is 12.7. The zero-order valence-electron chi connectivity index (χ0n) is 13.7. The van der Waals surface area contributed by atoms with Gasteiger partial charge in [-0.05, 0) is 40.1 Å². The maximum atomic E-state index is 11.8. The summed E-state index contributed by atoms with van der Waals surface area (Å²) in [7, 11) is 0. The van der Waals surface area contributed by atoms with Crippen LogP contribution in [0.4, 0.5) is 11.5 Å². The van der Waals surface area contributed by atoms with E-state index in [1.807, 2.05) is 41.0 Å². The number of carbonyl (C=O) groups excluding carboxylic acids is 1. The van der Waals surface area contributed by atoms with Gasteiger partial charge < -0.3 is 20.8 Å². The molecule has 0 spiro atoms. The number of carbonyl (C=O) groups is 1. The van der Waals surface area contributed by atoms with E-state index in [4.69, 9.17) is 16.1 Å². The summed E-state index contributed by atoms with van der Waals surface area (Å²) in [5.41, 5.74) is 15.1. The monoisotopic (exact) mass is 348 g/mol. The lowest BCUT2D eigenvalue weighted by Gasteiger charge is -2.14. The summed E-state index contributed by atoms with van der Waals surface area (Å²) in [6.07, 6.45) is 0.911. The van der Waals surface area contributed by atoms with E-state index in [0.717, 1.165) is 22.9 Å². The summed E-state index contributed by atoms with van der Waals surface area (Å²) in [5, 5.41) is 7.49. The first kappa shape index (κ1) is 15.8. The molecule has 0 bridgehead atoms. The standard InChI is InChI=1S/C18H16N6O2/c19-13-7-5-11(6-8-13)12(10-25)9-24-15-4-2-1-3-14(15)21-18(24)16-17(20)23-26-22-16/h1-8,10,12H,9,19H2,(H2,20,23). The second kappa shape index (κ2) is 6.32. The van der Waals surface area contributed by atoms with Crippen molar-refractivity contribution in [2.45, 2.75) is 12.5 Å². The fraction of sp³-hybridized carbons (Fsp3) is 0.111. The predicted octanol–water partition coefficient (Wildman–Crippen LogP) is 2.23. The van der Waals surface area contributed by atoms with Crippen molar-refractivity contribution >= 4 is 28.8 Å². The number of aromatic nitrogens is 4. The van der Waals surface area contributed by atoms with Crippen molar-refractivity contribution in [3.8, 4) is 11.5 Å². The van der Waals surface area contributed by atoms with Crippen molar-refractivity contribution in [1.29, 1.82) is 0 Å². The van der Waals surface area contributed by atoms with Gasteiger partial charge in [-0.25, -0.2) is 9.61 Å². The molecule has 4 N–H and O–H groups in total. The predicted molar refractivity (Wildman–Crippen MR) is 97.1 cm³/mol. The average molecular weight is 348 g/mol. The SMILES string of the molecule is Nc1ccc(C(C=O)Cn2c(-c3nonc3N)nc3ccccc32)cc1. The second-order valence-electron chi connectivity index (χ2n) is 5.94. The highest BCUT2D eigenvalue weighted by atomic mass is 16.6. The molecule has 8 heteroatoms. The molecule has 0 saturated carbocycles. The summed E-state index contributed by atoms with van der Waals surface area (Å²) < 4.78 is 6.62. The molecule has 0 aliphatic carbocycles. The van der Waals surface area contributed by atoms with Gasteiger partial charge in [0.1, 0.15) is 6.29 Å². The number of aldehydes is 1. The molecule has 4 rings (SSSR count). The average Bonchev–Trinajstić information content (AvgIpc) is 3.23. The molecule has 8 nitrogen and oxygen atoms in total. The van der Waals surface area contributed by atoms with E-state index in [1.165, 1.54) is 0 Å². The number of fused-ring (bicyclic) bond motifs is 1. The number of hydrogen-bond donors (Lipinski definition) is 2.